The predicted octanol–water partition coefficient (Wildman–Crippen LogP) is 3.23. The molecule has 2 heterocycles. The van der Waals surface area contributed by atoms with Gasteiger partial charge in [-0.05, 0) is 42.3 Å². The van der Waals surface area contributed by atoms with E-state index >= 15 is 0 Å². The molecule has 0 atom stereocenters. The molecule has 0 saturated heterocycles. The second kappa shape index (κ2) is 7.74. The van der Waals surface area contributed by atoms with Crippen LogP contribution in [0.5, 0.6) is 5.75 Å². The van der Waals surface area contributed by atoms with Crippen LogP contribution in [-0.2, 0) is 18.6 Å². The van der Waals surface area contributed by atoms with Gasteiger partial charge in [-0.3, -0.25) is 14.6 Å². The van der Waals surface area contributed by atoms with Gasteiger partial charge in [0, 0.05) is 0 Å². The van der Waals surface area contributed by atoms with Gasteiger partial charge in [-0.15, -0.1) is 0 Å². The maximum atomic E-state index is 12.0. The summed E-state index contributed by atoms with van der Waals surface area (Å²) in [5, 5.41) is 0. The zero-order valence-corrected chi connectivity index (χ0v) is 14.6. The SMILES string of the molecule is O=C1CC2=CC(=C(OP(=O)(O)O)C=CC2)Oc2ccc(cc2)/C=C\CO1. The Morgan fingerprint density at radius 2 is 1.85 bits per heavy atom. The lowest BCUT2D eigenvalue weighted by Crippen LogP contribution is -2.06. The Morgan fingerprint density at radius 3 is 2.58 bits per heavy atom. The van der Waals surface area contributed by atoms with E-state index in [2.05, 4.69) is 0 Å². The molecule has 4 rings (SSSR count). The maximum Gasteiger partial charge on any atom is 0.524 e. The highest BCUT2D eigenvalue weighted by molar-refractivity contribution is 7.46. The minimum Gasteiger partial charge on any atom is -0.461 e. The normalized spacial score (nSPS) is 19.0. The molecule has 0 saturated carbocycles. The van der Waals surface area contributed by atoms with Crippen molar-refractivity contribution in [2.75, 3.05) is 6.61 Å². The van der Waals surface area contributed by atoms with E-state index in [0.717, 1.165) is 5.56 Å². The third-order valence-electron chi connectivity index (χ3n) is 3.57. The van der Waals surface area contributed by atoms with Crippen molar-refractivity contribution in [2.45, 2.75) is 12.8 Å². The average molecular weight is 376 g/mol. The molecule has 3 aliphatic rings. The number of rotatable bonds is 2. The average Bonchev–Trinajstić information content (AvgIpc) is 2.73. The Kier molecular flexibility index (Phi) is 5.42. The van der Waals surface area contributed by atoms with E-state index in [4.69, 9.17) is 23.8 Å². The number of phosphoric ester groups is 1. The van der Waals surface area contributed by atoms with E-state index in [1.807, 2.05) is 6.08 Å². The number of carbonyl (C=O) groups is 1. The van der Waals surface area contributed by atoms with Crippen molar-refractivity contribution in [3.8, 4) is 5.75 Å². The molecule has 26 heavy (non-hydrogen) atoms. The zero-order chi connectivity index (χ0) is 18.6. The van der Waals surface area contributed by atoms with Crippen LogP contribution in [-0.4, -0.2) is 22.4 Å². The van der Waals surface area contributed by atoms with E-state index in [1.54, 1.807) is 42.5 Å². The summed E-state index contributed by atoms with van der Waals surface area (Å²) < 4.78 is 26.9. The summed E-state index contributed by atoms with van der Waals surface area (Å²) >= 11 is 0. The van der Waals surface area contributed by atoms with Gasteiger partial charge in [0.1, 0.15) is 12.4 Å². The van der Waals surface area contributed by atoms with E-state index in [-0.39, 0.29) is 24.5 Å². The van der Waals surface area contributed by atoms with Crippen molar-refractivity contribution < 1.29 is 33.1 Å². The van der Waals surface area contributed by atoms with Crippen molar-refractivity contribution in [2.24, 2.45) is 0 Å². The molecule has 1 aromatic carbocycles. The van der Waals surface area contributed by atoms with E-state index in [9.17, 15) is 9.36 Å². The van der Waals surface area contributed by atoms with Crippen LogP contribution in [0.25, 0.3) is 6.08 Å². The number of ether oxygens (including phenoxy) is 2. The lowest BCUT2D eigenvalue weighted by atomic mass is 10.1. The number of esters is 1. The maximum absolute atomic E-state index is 12.0. The molecule has 7 nitrogen and oxygen atoms in total. The summed E-state index contributed by atoms with van der Waals surface area (Å²) in [5.41, 5.74) is 1.56. The highest BCUT2D eigenvalue weighted by Crippen LogP contribution is 2.41. The zero-order valence-electron chi connectivity index (χ0n) is 13.7. The molecule has 0 fully saturated rings. The van der Waals surface area contributed by atoms with Crippen molar-refractivity contribution in [3.63, 3.8) is 0 Å². The highest BCUT2D eigenvalue weighted by Gasteiger charge is 2.22. The molecular weight excluding hydrogens is 359 g/mol. The fourth-order valence-electron chi connectivity index (χ4n) is 2.46. The Morgan fingerprint density at radius 1 is 1.08 bits per heavy atom. The van der Waals surface area contributed by atoms with Gasteiger partial charge in [0.15, 0.2) is 11.5 Å². The topological polar surface area (TPSA) is 102 Å². The summed E-state index contributed by atoms with van der Waals surface area (Å²) in [6.45, 7) is 0.162. The molecular formula is C18H17O7P. The molecule has 0 spiro atoms. The monoisotopic (exact) mass is 376 g/mol. The molecule has 0 radical (unpaired) electrons. The molecule has 1 aromatic rings. The minimum absolute atomic E-state index is 0.0335. The van der Waals surface area contributed by atoms with Crippen LogP contribution < -0.4 is 4.74 Å². The summed E-state index contributed by atoms with van der Waals surface area (Å²) in [5.74, 6) is 0.0523. The molecule has 0 aromatic heterocycles. The van der Waals surface area contributed by atoms with Crippen molar-refractivity contribution in [1.29, 1.82) is 0 Å². The fourth-order valence-corrected chi connectivity index (χ4v) is 2.86. The first-order valence-corrected chi connectivity index (χ1v) is 9.37. The van der Waals surface area contributed by atoms with E-state index in [1.165, 1.54) is 6.08 Å². The van der Waals surface area contributed by atoms with Gasteiger partial charge in [0.05, 0.1) is 6.42 Å². The van der Waals surface area contributed by atoms with Crippen LogP contribution in [0.4, 0.5) is 0 Å². The van der Waals surface area contributed by atoms with Crippen LogP contribution in [0.3, 0.4) is 0 Å². The van der Waals surface area contributed by atoms with E-state index < -0.39 is 13.8 Å². The number of benzene rings is 1. The van der Waals surface area contributed by atoms with Crippen LogP contribution >= 0.6 is 7.82 Å². The quantitative estimate of drug-likeness (QED) is 0.603. The number of fused-ring (bicyclic) bond motifs is 6. The van der Waals surface area contributed by atoms with Gasteiger partial charge in [-0.25, -0.2) is 4.57 Å². The van der Waals surface area contributed by atoms with Gasteiger partial charge < -0.3 is 14.0 Å². The first kappa shape index (κ1) is 18.2. The molecule has 0 unspecified atom stereocenters. The number of phosphoric acid groups is 1. The minimum atomic E-state index is -4.77. The largest absolute Gasteiger partial charge is 0.524 e. The first-order valence-electron chi connectivity index (χ1n) is 7.84. The van der Waals surface area contributed by atoms with Crippen molar-refractivity contribution in [3.05, 3.63) is 71.2 Å². The second-order valence-electron chi connectivity index (χ2n) is 5.65. The third-order valence-corrected chi connectivity index (χ3v) is 4.01. The number of allylic oxidation sites excluding steroid dienone is 3. The summed E-state index contributed by atoms with van der Waals surface area (Å²) in [6, 6.07) is 7.06. The molecule has 1 aliphatic carbocycles. The standard InChI is InChI=1S/C18H17O7P/c19-18-12-14-3-1-5-16(25-26(20,21)22)17(11-14)24-15-8-6-13(7-9-15)4-2-10-23-18/h1-2,4-9,11H,3,10,12H2,(H2,20,21,22)/b4-2-. The molecule has 136 valence electrons. The summed E-state index contributed by atoms with van der Waals surface area (Å²) in [7, 11) is -4.77. The van der Waals surface area contributed by atoms with Crippen LogP contribution in [0, 0.1) is 0 Å². The van der Waals surface area contributed by atoms with Crippen molar-refractivity contribution >= 4 is 19.9 Å². The fraction of sp³-hybridized carbons (Fsp3) is 0.167. The Balaban J connectivity index is 2.04. The lowest BCUT2D eigenvalue weighted by molar-refractivity contribution is -0.141. The van der Waals surface area contributed by atoms with Crippen molar-refractivity contribution in [1.82, 2.24) is 0 Å². The van der Waals surface area contributed by atoms with Gasteiger partial charge in [-0.2, -0.15) is 0 Å². The molecule has 4 bridgehead atoms. The predicted molar refractivity (Wildman–Crippen MR) is 93.7 cm³/mol. The Labute approximate surface area is 150 Å². The third kappa shape index (κ3) is 5.20. The smallest absolute Gasteiger partial charge is 0.461 e. The summed E-state index contributed by atoms with van der Waals surface area (Å²) in [4.78, 5) is 30.2. The van der Waals surface area contributed by atoms with E-state index in [0.29, 0.717) is 17.7 Å². The number of hydrogen-bond acceptors (Lipinski definition) is 5. The molecule has 2 aliphatic heterocycles. The van der Waals surface area contributed by atoms with Gasteiger partial charge in [0.25, 0.3) is 0 Å². The first-order chi connectivity index (χ1) is 12.4. The Hall–Kier alpha value is -2.60. The Bertz CT molecular complexity index is 856. The lowest BCUT2D eigenvalue weighted by Gasteiger charge is -2.13. The van der Waals surface area contributed by atoms with Crippen LogP contribution in [0.2, 0.25) is 0 Å². The van der Waals surface area contributed by atoms with Crippen LogP contribution in [0.15, 0.2) is 65.7 Å². The summed E-state index contributed by atoms with van der Waals surface area (Å²) in [6.07, 6.45) is 8.59. The van der Waals surface area contributed by atoms with Gasteiger partial charge >= 0.3 is 13.8 Å². The number of carbonyl (C=O) groups excluding carboxylic acids is 1. The van der Waals surface area contributed by atoms with Gasteiger partial charge in [-0.1, -0.05) is 29.9 Å². The molecule has 8 heteroatoms. The molecule has 0 amide bonds. The second-order valence-corrected chi connectivity index (χ2v) is 6.82. The highest BCUT2D eigenvalue weighted by atomic mass is 31.2. The number of hydrogen-bond donors (Lipinski definition) is 2. The molecule has 2 N–H and O–H groups in total. The van der Waals surface area contributed by atoms with Crippen LogP contribution in [0.1, 0.15) is 18.4 Å². The van der Waals surface area contributed by atoms with Gasteiger partial charge in [0.2, 0.25) is 0 Å².